The van der Waals surface area contributed by atoms with Gasteiger partial charge in [0.2, 0.25) is 5.91 Å². The highest BCUT2D eigenvalue weighted by molar-refractivity contribution is 5.80. The van der Waals surface area contributed by atoms with Crippen LogP contribution in [0.2, 0.25) is 0 Å². The minimum atomic E-state index is 0.119. The highest BCUT2D eigenvalue weighted by Gasteiger charge is 2.49. The molecule has 3 heteroatoms. The van der Waals surface area contributed by atoms with Crippen molar-refractivity contribution in [2.24, 2.45) is 23.5 Å². The summed E-state index contributed by atoms with van der Waals surface area (Å²) in [6, 6.07) is 0.133. The fourth-order valence-electron chi connectivity index (χ4n) is 3.00. The van der Waals surface area contributed by atoms with E-state index < -0.39 is 0 Å². The van der Waals surface area contributed by atoms with Gasteiger partial charge in [-0.3, -0.25) is 4.79 Å². The van der Waals surface area contributed by atoms with Gasteiger partial charge >= 0.3 is 0 Å². The molecule has 1 amide bonds. The zero-order chi connectivity index (χ0) is 9.59. The second-order valence-electron chi connectivity index (χ2n) is 4.67. The van der Waals surface area contributed by atoms with Crippen LogP contribution in [0, 0.1) is 17.8 Å². The molecule has 74 valence electrons. The van der Waals surface area contributed by atoms with Crippen LogP contribution >= 0.6 is 0 Å². The number of hydrogen-bond acceptors (Lipinski definition) is 2. The van der Waals surface area contributed by atoms with Crippen molar-refractivity contribution in [2.45, 2.75) is 25.3 Å². The van der Waals surface area contributed by atoms with Crippen molar-refractivity contribution >= 4 is 5.91 Å². The molecule has 4 unspecified atom stereocenters. The minimum absolute atomic E-state index is 0.119. The number of nitrogens with zero attached hydrogens (tertiary/aromatic N) is 1. The number of carbonyl (C=O) groups excluding carboxylic acids is 1. The van der Waals surface area contributed by atoms with Crippen molar-refractivity contribution < 1.29 is 4.79 Å². The molecule has 0 saturated heterocycles. The van der Waals surface area contributed by atoms with Crippen molar-refractivity contribution in [3.8, 4) is 0 Å². The van der Waals surface area contributed by atoms with Crippen LogP contribution in [-0.2, 0) is 4.79 Å². The monoisotopic (exact) mass is 182 g/mol. The average Bonchev–Trinajstić information content (AvgIpc) is 2.62. The van der Waals surface area contributed by atoms with Gasteiger partial charge in [0, 0.05) is 20.1 Å². The van der Waals surface area contributed by atoms with Gasteiger partial charge < -0.3 is 10.6 Å². The summed E-state index contributed by atoms with van der Waals surface area (Å²) in [5, 5.41) is 0. The molecule has 0 radical (unpaired) electrons. The third-order valence-electron chi connectivity index (χ3n) is 3.71. The van der Waals surface area contributed by atoms with Gasteiger partial charge in [-0.25, -0.2) is 0 Å². The summed E-state index contributed by atoms with van der Waals surface area (Å²) in [5.74, 6) is 1.56. The van der Waals surface area contributed by atoms with Gasteiger partial charge in [0.25, 0.3) is 0 Å². The zero-order valence-corrected chi connectivity index (χ0v) is 8.36. The van der Waals surface area contributed by atoms with E-state index in [9.17, 15) is 4.79 Å². The minimum Gasteiger partial charge on any atom is -0.349 e. The molecule has 2 fully saturated rings. The van der Waals surface area contributed by atoms with E-state index in [1.807, 2.05) is 14.1 Å². The molecule has 0 aromatic carbocycles. The number of amides is 1. The van der Waals surface area contributed by atoms with Crippen LogP contribution in [0.25, 0.3) is 0 Å². The Morgan fingerprint density at radius 1 is 1.31 bits per heavy atom. The number of nitrogens with two attached hydrogens (primary N) is 1. The Kier molecular flexibility index (Phi) is 2.06. The Balaban J connectivity index is 2.12. The molecular formula is C10H18N2O. The van der Waals surface area contributed by atoms with Gasteiger partial charge in [-0.2, -0.15) is 0 Å². The summed E-state index contributed by atoms with van der Waals surface area (Å²) in [5.41, 5.74) is 6.06. The Bertz CT molecular complexity index is 225. The van der Waals surface area contributed by atoms with Crippen molar-refractivity contribution in [1.82, 2.24) is 4.90 Å². The first-order valence-electron chi connectivity index (χ1n) is 5.08. The van der Waals surface area contributed by atoms with E-state index in [2.05, 4.69) is 0 Å². The summed E-state index contributed by atoms with van der Waals surface area (Å²) >= 11 is 0. The summed E-state index contributed by atoms with van der Waals surface area (Å²) in [7, 11) is 3.64. The van der Waals surface area contributed by atoms with E-state index in [0.29, 0.717) is 11.8 Å². The van der Waals surface area contributed by atoms with Gasteiger partial charge in [-0.1, -0.05) is 0 Å². The van der Waals surface area contributed by atoms with Crippen molar-refractivity contribution in [1.29, 1.82) is 0 Å². The molecule has 0 spiro atoms. The maximum Gasteiger partial charge on any atom is 0.227 e. The maximum absolute atomic E-state index is 11.8. The third kappa shape index (κ3) is 1.26. The smallest absolute Gasteiger partial charge is 0.227 e. The van der Waals surface area contributed by atoms with Crippen LogP contribution in [0.1, 0.15) is 19.3 Å². The molecule has 2 aliphatic carbocycles. The van der Waals surface area contributed by atoms with Gasteiger partial charge in [0.15, 0.2) is 0 Å². The number of fused-ring (bicyclic) bond motifs is 2. The van der Waals surface area contributed by atoms with Crippen LogP contribution < -0.4 is 5.73 Å². The topological polar surface area (TPSA) is 46.3 Å². The highest BCUT2D eigenvalue weighted by atomic mass is 16.2. The quantitative estimate of drug-likeness (QED) is 0.640. The summed E-state index contributed by atoms with van der Waals surface area (Å²) in [6.07, 6.45) is 3.64. The molecule has 0 aromatic heterocycles. The molecule has 0 aliphatic heterocycles. The van der Waals surface area contributed by atoms with E-state index in [1.165, 1.54) is 19.3 Å². The third-order valence-corrected chi connectivity index (χ3v) is 3.71. The van der Waals surface area contributed by atoms with E-state index >= 15 is 0 Å². The van der Waals surface area contributed by atoms with E-state index in [0.717, 1.165) is 0 Å². The number of carbonyl (C=O) groups is 1. The lowest BCUT2D eigenvalue weighted by Gasteiger charge is -2.29. The molecule has 0 heterocycles. The lowest BCUT2D eigenvalue weighted by molar-refractivity contribution is -0.135. The predicted molar refractivity (Wildman–Crippen MR) is 51.0 cm³/mol. The van der Waals surface area contributed by atoms with Crippen LogP contribution in [0.4, 0.5) is 0 Å². The van der Waals surface area contributed by atoms with Gasteiger partial charge in [-0.05, 0) is 31.1 Å². The molecule has 0 aromatic rings. The molecule has 4 atom stereocenters. The summed E-state index contributed by atoms with van der Waals surface area (Å²) in [6.45, 7) is 0. The van der Waals surface area contributed by atoms with Crippen LogP contribution in [0.5, 0.6) is 0 Å². The normalized spacial score (nSPS) is 42.4. The van der Waals surface area contributed by atoms with Gasteiger partial charge in [-0.15, -0.1) is 0 Å². The Morgan fingerprint density at radius 3 is 2.38 bits per heavy atom. The predicted octanol–water partition coefficient (Wildman–Crippen LogP) is 0.448. The lowest BCUT2D eigenvalue weighted by atomic mass is 9.84. The Hall–Kier alpha value is -0.570. The van der Waals surface area contributed by atoms with Crippen LogP contribution in [0.15, 0.2) is 0 Å². The van der Waals surface area contributed by atoms with E-state index in [1.54, 1.807) is 4.90 Å². The fourth-order valence-corrected chi connectivity index (χ4v) is 3.00. The van der Waals surface area contributed by atoms with Gasteiger partial charge in [0.05, 0.1) is 5.92 Å². The molecule has 2 N–H and O–H groups in total. The van der Waals surface area contributed by atoms with E-state index in [-0.39, 0.29) is 17.9 Å². The average molecular weight is 182 g/mol. The first-order chi connectivity index (χ1) is 6.11. The second-order valence-corrected chi connectivity index (χ2v) is 4.67. The molecule has 2 bridgehead atoms. The molecule has 2 aliphatic rings. The SMILES string of the molecule is CN(C)C(=O)C1C2CCC(C2)C1N. The summed E-state index contributed by atoms with van der Waals surface area (Å²) in [4.78, 5) is 13.5. The van der Waals surface area contributed by atoms with E-state index in [4.69, 9.17) is 5.73 Å². The second kappa shape index (κ2) is 2.98. The fraction of sp³-hybridized carbons (Fsp3) is 0.900. The number of hydrogen-bond donors (Lipinski definition) is 1. The lowest BCUT2D eigenvalue weighted by Crippen LogP contribution is -2.44. The van der Waals surface area contributed by atoms with Crippen molar-refractivity contribution in [3.63, 3.8) is 0 Å². The van der Waals surface area contributed by atoms with Crippen molar-refractivity contribution in [3.05, 3.63) is 0 Å². The first kappa shape index (κ1) is 9.00. The molecule has 3 nitrogen and oxygen atoms in total. The maximum atomic E-state index is 11.8. The van der Waals surface area contributed by atoms with Crippen molar-refractivity contribution in [2.75, 3.05) is 14.1 Å². The summed E-state index contributed by atoms with van der Waals surface area (Å²) < 4.78 is 0. The molecular weight excluding hydrogens is 164 g/mol. The Labute approximate surface area is 79.3 Å². The molecule has 2 rings (SSSR count). The largest absolute Gasteiger partial charge is 0.349 e. The standard InChI is InChI=1S/C10H18N2O/c1-12(2)10(13)8-6-3-4-7(5-6)9(8)11/h6-9H,3-5,11H2,1-2H3. The molecule has 13 heavy (non-hydrogen) atoms. The first-order valence-corrected chi connectivity index (χ1v) is 5.08. The highest BCUT2D eigenvalue weighted by Crippen LogP contribution is 2.47. The Morgan fingerprint density at radius 2 is 1.92 bits per heavy atom. The zero-order valence-electron chi connectivity index (χ0n) is 8.36. The van der Waals surface area contributed by atoms with Gasteiger partial charge in [0.1, 0.15) is 0 Å². The number of rotatable bonds is 1. The van der Waals surface area contributed by atoms with Crippen LogP contribution in [0.3, 0.4) is 0 Å². The van der Waals surface area contributed by atoms with Crippen LogP contribution in [-0.4, -0.2) is 30.9 Å². The molecule has 2 saturated carbocycles.